The van der Waals surface area contributed by atoms with Gasteiger partial charge in [0.1, 0.15) is 5.76 Å². The van der Waals surface area contributed by atoms with Crippen molar-refractivity contribution in [3.63, 3.8) is 0 Å². The third-order valence-electron chi connectivity index (χ3n) is 3.09. The molecular formula is C15H16BrNO5S. The normalized spacial score (nSPS) is 11.7. The van der Waals surface area contributed by atoms with Crippen LogP contribution in [0, 0.1) is 0 Å². The minimum absolute atomic E-state index is 0.0691. The summed E-state index contributed by atoms with van der Waals surface area (Å²) in [4.78, 5) is 11.8. The maximum absolute atomic E-state index is 12.6. The predicted octanol–water partition coefficient (Wildman–Crippen LogP) is 3.04. The number of ether oxygens (including phenoxy) is 1. The number of carbonyl (C=O) groups excluding carboxylic acids is 1. The van der Waals surface area contributed by atoms with E-state index in [1.807, 2.05) is 0 Å². The Balaban J connectivity index is 2.27. The van der Waals surface area contributed by atoms with E-state index in [4.69, 9.17) is 9.15 Å². The molecule has 1 aromatic heterocycles. The van der Waals surface area contributed by atoms with E-state index in [-0.39, 0.29) is 23.6 Å². The van der Waals surface area contributed by atoms with Gasteiger partial charge in [0, 0.05) is 11.5 Å². The Labute approximate surface area is 143 Å². The van der Waals surface area contributed by atoms with Crippen LogP contribution < -0.4 is 0 Å². The molecule has 0 saturated heterocycles. The van der Waals surface area contributed by atoms with Gasteiger partial charge < -0.3 is 9.15 Å². The average molecular weight is 402 g/mol. The quantitative estimate of drug-likeness (QED) is 0.695. The zero-order chi connectivity index (χ0) is 17.0. The third-order valence-corrected chi connectivity index (χ3v) is 5.87. The van der Waals surface area contributed by atoms with Crippen LogP contribution in [-0.2, 0) is 21.3 Å². The minimum atomic E-state index is -3.73. The molecule has 1 heterocycles. The molecule has 0 unspecified atom stereocenters. The Hall–Kier alpha value is -1.64. The second kappa shape index (κ2) is 7.29. The van der Waals surface area contributed by atoms with Crippen molar-refractivity contribution < 1.29 is 22.4 Å². The molecule has 0 spiro atoms. The van der Waals surface area contributed by atoms with Crippen molar-refractivity contribution >= 4 is 31.9 Å². The van der Waals surface area contributed by atoms with Gasteiger partial charge in [-0.15, -0.1) is 0 Å². The number of hydrogen-bond donors (Lipinski definition) is 0. The number of halogens is 1. The number of esters is 1. The first-order valence-electron chi connectivity index (χ1n) is 6.81. The standard InChI is InChI=1S/C15H16BrNO5S/c1-3-21-15(18)11-6-7-14(13(16)9-11)23(19,20)17(2)10-12-5-4-8-22-12/h4-9H,3,10H2,1-2H3. The van der Waals surface area contributed by atoms with E-state index in [9.17, 15) is 13.2 Å². The molecule has 0 aliphatic heterocycles. The Morgan fingerprint density at radius 1 is 1.35 bits per heavy atom. The van der Waals surface area contributed by atoms with Crippen LogP contribution in [0.5, 0.6) is 0 Å². The van der Waals surface area contributed by atoms with Gasteiger partial charge in [-0.25, -0.2) is 13.2 Å². The van der Waals surface area contributed by atoms with Gasteiger partial charge in [-0.3, -0.25) is 0 Å². The second-order valence-corrected chi connectivity index (χ2v) is 7.57. The van der Waals surface area contributed by atoms with E-state index in [0.29, 0.717) is 10.2 Å². The molecule has 0 aliphatic rings. The van der Waals surface area contributed by atoms with Crippen LogP contribution in [0.25, 0.3) is 0 Å². The molecule has 2 rings (SSSR count). The molecule has 23 heavy (non-hydrogen) atoms. The fourth-order valence-electron chi connectivity index (χ4n) is 1.93. The van der Waals surface area contributed by atoms with Gasteiger partial charge in [-0.05, 0) is 53.2 Å². The number of rotatable bonds is 6. The van der Waals surface area contributed by atoms with Crippen molar-refractivity contribution in [3.8, 4) is 0 Å². The van der Waals surface area contributed by atoms with Crippen molar-refractivity contribution in [1.29, 1.82) is 0 Å². The largest absolute Gasteiger partial charge is 0.468 e. The second-order valence-electron chi connectivity index (χ2n) is 4.71. The van der Waals surface area contributed by atoms with Gasteiger partial charge in [0.15, 0.2) is 0 Å². The molecule has 6 nitrogen and oxygen atoms in total. The molecule has 0 atom stereocenters. The highest BCUT2D eigenvalue weighted by Crippen LogP contribution is 2.27. The van der Waals surface area contributed by atoms with E-state index in [0.717, 1.165) is 0 Å². The van der Waals surface area contributed by atoms with Crippen LogP contribution in [0.1, 0.15) is 23.0 Å². The summed E-state index contributed by atoms with van der Waals surface area (Å²) in [5.41, 5.74) is 0.284. The number of benzene rings is 1. The molecule has 0 fully saturated rings. The number of sulfonamides is 1. The summed E-state index contributed by atoms with van der Waals surface area (Å²) in [7, 11) is -2.26. The zero-order valence-electron chi connectivity index (χ0n) is 12.7. The lowest BCUT2D eigenvalue weighted by Crippen LogP contribution is -2.26. The first-order valence-corrected chi connectivity index (χ1v) is 9.05. The van der Waals surface area contributed by atoms with Gasteiger partial charge in [0.25, 0.3) is 0 Å². The van der Waals surface area contributed by atoms with E-state index < -0.39 is 16.0 Å². The molecule has 8 heteroatoms. The molecule has 0 amide bonds. The summed E-state index contributed by atoms with van der Waals surface area (Å²) < 4.78 is 36.8. The lowest BCUT2D eigenvalue weighted by Gasteiger charge is -2.17. The topological polar surface area (TPSA) is 76.8 Å². The van der Waals surface area contributed by atoms with Crippen LogP contribution in [-0.4, -0.2) is 32.3 Å². The predicted molar refractivity (Wildman–Crippen MR) is 87.5 cm³/mol. The summed E-state index contributed by atoms with van der Waals surface area (Å²) >= 11 is 3.21. The van der Waals surface area contributed by atoms with Crippen molar-refractivity contribution in [2.75, 3.05) is 13.7 Å². The molecule has 124 valence electrons. The van der Waals surface area contributed by atoms with Gasteiger partial charge in [-0.2, -0.15) is 4.31 Å². The summed E-state index contributed by atoms with van der Waals surface area (Å²) in [6.07, 6.45) is 1.49. The van der Waals surface area contributed by atoms with Crippen LogP contribution in [0.4, 0.5) is 0 Å². The smallest absolute Gasteiger partial charge is 0.338 e. The fraction of sp³-hybridized carbons (Fsp3) is 0.267. The number of furan rings is 1. The highest BCUT2D eigenvalue weighted by molar-refractivity contribution is 9.10. The molecule has 0 bridgehead atoms. The maximum atomic E-state index is 12.6. The third kappa shape index (κ3) is 4.01. The van der Waals surface area contributed by atoms with Gasteiger partial charge in [-0.1, -0.05) is 0 Å². The molecule has 1 aromatic carbocycles. The average Bonchev–Trinajstić information content (AvgIpc) is 3.00. The van der Waals surface area contributed by atoms with Crippen LogP contribution >= 0.6 is 15.9 Å². The highest BCUT2D eigenvalue weighted by atomic mass is 79.9. The van der Waals surface area contributed by atoms with Crippen LogP contribution in [0.15, 0.2) is 50.4 Å². The molecular weight excluding hydrogens is 386 g/mol. The maximum Gasteiger partial charge on any atom is 0.338 e. The summed E-state index contributed by atoms with van der Waals surface area (Å²) in [5, 5.41) is 0. The SMILES string of the molecule is CCOC(=O)c1ccc(S(=O)(=O)N(C)Cc2ccco2)c(Br)c1. The van der Waals surface area contributed by atoms with Crippen molar-refractivity contribution in [2.45, 2.75) is 18.4 Å². The molecule has 0 saturated carbocycles. The van der Waals surface area contributed by atoms with E-state index in [1.54, 1.807) is 19.1 Å². The molecule has 0 radical (unpaired) electrons. The van der Waals surface area contributed by atoms with Crippen molar-refractivity contribution in [1.82, 2.24) is 4.31 Å². The van der Waals surface area contributed by atoms with Crippen LogP contribution in [0.2, 0.25) is 0 Å². The van der Waals surface area contributed by atoms with E-state index >= 15 is 0 Å². The fourth-order valence-corrected chi connectivity index (χ4v) is 4.10. The summed E-state index contributed by atoms with van der Waals surface area (Å²) in [6, 6.07) is 7.64. The molecule has 0 N–H and O–H groups in total. The van der Waals surface area contributed by atoms with Gasteiger partial charge >= 0.3 is 5.97 Å². The monoisotopic (exact) mass is 401 g/mol. The Morgan fingerprint density at radius 2 is 2.09 bits per heavy atom. The van der Waals surface area contributed by atoms with Crippen LogP contribution in [0.3, 0.4) is 0 Å². The lowest BCUT2D eigenvalue weighted by molar-refractivity contribution is 0.0526. The Morgan fingerprint density at radius 3 is 2.65 bits per heavy atom. The lowest BCUT2D eigenvalue weighted by atomic mass is 10.2. The Bertz CT molecular complexity index is 786. The van der Waals surface area contributed by atoms with Gasteiger partial charge in [0.05, 0.1) is 29.9 Å². The first kappa shape index (κ1) is 17.7. The molecule has 0 aliphatic carbocycles. The number of hydrogen-bond acceptors (Lipinski definition) is 5. The highest BCUT2D eigenvalue weighted by Gasteiger charge is 2.25. The van der Waals surface area contributed by atoms with E-state index in [2.05, 4.69) is 15.9 Å². The first-order chi connectivity index (χ1) is 10.9. The summed E-state index contributed by atoms with van der Waals surface area (Å²) in [5.74, 6) is 0.0384. The van der Waals surface area contributed by atoms with Crippen molar-refractivity contribution in [2.24, 2.45) is 0 Å². The zero-order valence-corrected chi connectivity index (χ0v) is 15.1. The molecule has 2 aromatic rings. The Kier molecular flexibility index (Phi) is 5.61. The number of nitrogens with zero attached hydrogens (tertiary/aromatic N) is 1. The number of carbonyl (C=O) groups is 1. The summed E-state index contributed by atoms with van der Waals surface area (Å²) in [6.45, 7) is 2.07. The van der Waals surface area contributed by atoms with Gasteiger partial charge in [0.2, 0.25) is 10.0 Å². The minimum Gasteiger partial charge on any atom is -0.468 e. The van der Waals surface area contributed by atoms with Crippen molar-refractivity contribution in [3.05, 3.63) is 52.4 Å². The van der Waals surface area contributed by atoms with E-state index in [1.165, 1.54) is 35.8 Å².